The van der Waals surface area contributed by atoms with Gasteiger partial charge in [0.25, 0.3) is 0 Å². The zero-order valence-corrected chi connectivity index (χ0v) is 14.6. The summed E-state index contributed by atoms with van der Waals surface area (Å²) in [6.07, 6.45) is 2.29. The zero-order chi connectivity index (χ0) is 17.5. The Kier molecular flexibility index (Phi) is 3.39. The molecule has 1 N–H and O–H groups in total. The number of imidazole rings is 1. The minimum Gasteiger partial charge on any atom is -0.325 e. The molecule has 0 amide bonds. The maximum Gasteiger partial charge on any atom is 0.209 e. The fourth-order valence-electron chi connectivity index (χ4n) is 3.60. The average molecular weight is 337 g/mol. The van der Waals surface area contributed by atoms with E-state index in [-0.39, 0.29) is 6.04 Å². The topological polar surface area (TPSA) is 29.9 Å². The van der Waals surface area contributed by atoms with Crippen LogP contribution in [-0.2, 0) is 0 Å². The summed E-state index contributed by atoms with van der Waals surface area (Å²) in [5.74, 6) is 0.887. The molecule has 1 aliphatic rings. The van der Waals surface area contributed by atoms with Gasteiger partial charge in [-0.1, -0.05) is 72.3 Å². The van der Waals surface area contributed by atoms with Crippen LogP contribution in [0.1, 0.15) is 22.7 Å². The maximum absolute atomic E-state index is 4.83. The third-order valence-corrected chi connectivity index (χ3v) is 4.95. The van der Waals surface area contributed by atoms with Crippen molar-refractivity contribution in [1.82, 2.24) is 9.55 Å². The largest absolute Gasteiger partial charge is 0.325 e. The minimum atomic E-state index is 0.106. The van der Waals surface area contributed by atoms with Gasteiger partial charge in [0.05, 0.1) is 17.1 Å². The van der Waals surface area contributed by atoms with E-state index in [0.29, 0.717) is 0 Å². The highest BCUT2D eigenvalue weighted by molar-refractivity contribution is 5.85. The van der Waals surface area contributed by atoms with Gasteiger partial charge in [-0.2, -0.15) is 0 Å². The maximum atomic E-state index is 4.83. The van der Waals surface area contributed by atoms with E-state index in [4.69, 9.17) is 4.98 Å². The summed E-state index contributed by atoms with van der Waals surface area (Å²) >= 11 is 0. The lowest BCUT2D eigenvalue weighted by molar-refractivity contribution is 0.720. The highest BCUT2D eigenvalue weighted by Gasteiger charge is 2.25. The van der Waals surface area contributed by atoms with E-state index in [1.165, 1.54) is 16.7 Å². The highest BCUT2D eigenvalue weighted by atomic mass is 15.2. The number of hydrogen-bond donors (Lipinski definition) is 1. The van der Waals surface area contributed by atoms with Crippen molar-refractivity contribution in [1.29, 1.82) is 0 Å². The number of aromatic nitrogens is 2. The lowest BCUT2D eigenvalue weighted by atomic mass is 10.00. The van der Waals surface area contributed by atoms with Crippen molar-refractivity contribution >= 4 is 22.7 Å². The monoisotopic (exact) mass is 337 g/mol. The zero-order valence-electron chi connectivity index (χ0n) is 14.6. The van der Waals surface area contributed by atoms with Crippen LogP contribution in [0.4, 0.5) is 5.95 Å². The van der Waals surface area contributed by atoms with Crippen LogP contribution >= 0.6 is 0 Å². The molecule has 0 saturated carbocycles. The summed E-state index contributed by atoms with van der Waals surface area (Å²) in [4.78, 5) is 4.83. The van der Waals surface area contributed by atoms with Gasteiger partial charge in [-0.05, 0) is 36.3 Å². The second-order valence-electron chi connectivity index (χ2n) is 6.72. The number of allylic oxidation sites excluding steroid dienone is 1. The molecule has 1 unspecified atom stereocenters. The van der Waals surface area contributed by atoms with Gasteiger partial charge in [0.15, 0.2) is 0 Å². The number of aryl methyl sites for hydroxylation is 1. The van der Waals surface area contributed by atoms with Crippen LogP contribution in [0, 0.1) is 6.92 Å². The van der Waals surface area contributed by atoms with Gasteiger partial charge in [-0.15, -0.1) is 0 Å². The summed E-state index contributed by atoms with van der Waals surface area (Å²) in [5, 5.41) is 3.53. The molecule has 1 aromatic heterocycles. The minimum absolute atomic E-state index is 0.106. The molecule has 0 fully saturated rings. The molecule has 0 aliphatic carbocycles. The second kappa shape index (κ2) is 5.88. The fourth-order valence-corrected chi connectivity index (χ4v) is 3.60. The first-order valence-electron chi connectivity index (χ1n) is 8.87. The van der Waals surface area contributed by atoms with Gasteiger partial charge in [-0.3, -0.25) is 4.57 Å². The molecule has 0 bridgehead atoms. The van der Waals surface area contributed by atoms with Crippen molar-refractivity contribution in [3.05, 3.63) is 102 Å². The number of nitrogens with one attached hydrogen (secondary N) is 1. The van der Waals surface area contributed by atoms with Gasteiger partial charge in [0, 0.05) is 5.70 Å². The summed E-state index contributed by atoms with van der Waals surface area (Å²) < 4.78 is 2.28. The highest BCUT2D eigenvalue weighted by Crippen LogP contribution is 2.36. The lowest BCUT2D eigenvalue weighted by Crippen LogP contribution is -2.19. The van der Waals surface area contributed by atoms with Gasteiger partial charge in [0.2, 0.25) is 5.95 Å². The Morgan fingerprint density at radius 2 is 1.58 bits per heavy atom. The Morgan fingerprint density at radius 3 is 2.38 bits per heavy atom. The van der Waals surface area contributed by atoms with E-state index < -0.39 is 0 Å². The predicted octanol–water partition coefficient (Wildman–Crippen LogP) is 5.40. The van der Waals surface area contributed by atoms with Gasteiger partial charge < -0.3 is 5.32 Å². The smallest absolute Gasteiger partial charge is 0.209 e. The van der Waals surface area contributed by atoms with Crippen LogP contribution in [0.3, 0.4) is 0 Å². The third-order valence-electron chi connectivity index (χ3n) is 4.95. The van der Waals surface area contributed by atoms with E-state index in [0.717, 1.165) is 22.7 Å². The Morgan fingerprint density at radius 1 is 0.846 bits per heavy atom. The quantitative estimate of drug-likeness (QED) is 0.531. The second-order valence-corrected chi connectivity index (χ2v) is 6.72. The van der Waals surface area contributed by atoms with Gasteiger partial charge >= 0.3 is 0 Å². The first-order valence-corrected chi connectivity index (χ1v) is 8.87. The Bertz CT molecular complexity index is 1110. The fraction of sp³-hybridized carbons (Fsp3) is 0.0870. The molecule has 1 atom stereocenters. The van der Waals surface area contributed by atoms with Gasteiger partial charge in [-0.25, -0.2) is 4.98 Å². The number of benzene rings is 3. The van der Waals surface area contributed by atoms with Crippen LogP contribution in [-0.4, -0.2) is 9.55 Å². The summed E-state index contributed by atoms with van der Waals surface area (Å²) in [6, 6.07) is 27.6. The standard InChI is InChI=1S/C23H19N3/c1-16-11-13-18(14-12-16)22-15-20(17-7-3-2-4-8-17)25-23-24-19-9-5-6-10-21(19)26(22)23/h2-15,22H,1H3,(H,24,25). The van der Waals surface area contributed by atoms with Crippen molar-refractivity contribution in [3.8, 4) is 0 Å². The summed E-state index contributed by atoms with van der Waals surface area (Å²) in [6.45, 7) is 2.12. The number of hydrogen-bond acceptors (Lipinski definition) is 2. The summed E-state index contributed by atoms with van der Waals surface area (Å²) in [7, 11) is 0. The number of anilines is 1. The molecule has 2 heterocycles. The molecule has 0 spiro atoms. The van der Waals surface area contributed by atoms with Crippen LogP contribution in [0.25, 0.3) is 16.7 Å². The Hall–Kier alpha value is -3.33. The van der Waals surface area contributed by atoms with E-state index in [2.05, 4.69) is 89.6 Å². The number of nitrogens with zero attached hydrogens (tertiary/aromatic N) is 2. The molecular weight excluding hydrogens is 318 g/mol. The van der Waals surface area contributed by atoms with Crippen molar-refractivity contribution < 1.29 is 0 Å². The van der Waals surface area contributed by atoms with Gasteiger partial charge in [0.1, 0.15) is 0 Å². The van der Waals surface area contributed by atoms with Crippen molar-refractivity contribution in [3.63, 3.8) is 0 Å². The third kappa shape index (κ3) is 2.40. The van der Waals surface area contributed by atoms with Crippen LogP contribution in [0.5, 0.6) is 0 Å². The van der Waals surface area contributed by atoms with Crippen molar-refractivity contribution in [2.45, 2.75) is 13.0 Å². The van der Waals surface area contributed by atoms with Crippen molar-refractivity contribution in [2.24, 2.45) is 0 Å². The molecule has 26 heavy (non-hydrogen) atoms. The van der Waals surface area contributed by atoms with Crippen molar-refractivity contribution in [2.75, 3.05) is 5.32 Å². The number of fused-ring (bicyclic) bond motifs is 3. The van der Waals surface area contributed by atoms with Crippen LogP contribution in [0.15, 0.2) is 84.9 Å². The molecule has 126 valence electrons. The Labute approximate surface area is 152 Å². The first kappa shape index (κ1) is 15.0. The summed E-state index contributed by atoms with van der Waals surface area (Å²) in [5.41, 5.74) is 6.95. The van der Waals surface area contributed by atoms with Crippen LogP contribution in [0.2, 0.25) is 0 Å². The van der Waals surface area contributed by atoms with E-state index in [1.807, 2.05) is 12.1 Å². The van der Waals surface area contributed by atoms with E-state index in [1.54, 1.807) is 0 Å². The normalized spacial score (nSPS) is 16.0. The average Bonchev–Trinajstić information content (AvgIpc) is 3.07. The van der Waals surface area contributed by atoms with E-state index >= 15 is 0 Å². The first-order chi connectivity index (χ1) is 12.8. The lowest BCUT2D eigenvalue weighted by Gasteiger charge is -2.26. The molecule has 3 heteroatoms. The number of rotatable bonds is 2. The number of para-hydroxylation sites is 2. The molecule has 0 saturated heterocycles. The molecular formula is C23H19N3. The molecule has 4 aromatic rings. The predicted molar refractivity (Wildman–Crippen MR) is 107 cm³/mol. The molecule has 3 nitrogen and oxygen atoms in total. The Balaban J connectivity index is 1.73. The molecule has 5 rings (SSSR count). The SMILES string of the molecule is Cc1ccc(C2C=C(c3ccccc3)Nc3nc4ccccc4n32)cc1. The molecule has 3 aromatic carbocycles. The van der Waals surface area contributed by atoms with Crippen LogP contribution < -0.4 is 5.32 Å². The molecule has 0 radical (unpaired) electrons. The van der Waals surface area contributed by atoms with E-state index in [9.17, 15) is 0 Å². The molecule has 1 aliphatic heterocycles.